The topological polar surface area (TPSA) is 64.0 Å². The highest BCUT2D eigenvalue weighted by atomic mass is 32.2. The highest BCUT2D eigenvalue weighted by Crippen LogP contribution is 2.27. The second kappa shape index (κ2) is 9.04. The maximum absolute atomic E-state index is 13.5. The molecule has 2 aromatic carbocycles. The van der Waals surface area contributed by atoms with Gasteiger partial charge in [-0.05, 0) is 49.9 Å². The fourth-order valence-corrected chi connectivity index (χ4v) is 4.04. The lowest BCUT2D eigenvalue weighted by Crippen LogP contribution is -2.43. The Balaban J connectivity index is 2.09. The number of benzene rings is 2. The molecular weight excluding hydrogens is 394 g/mol. The number of hydrogen-bond acceptors (Lipinski definition) is 4. The van der Waals surface area contributed by atoms with Gasteiger partial charge in [0.2, 0.25) is 5.91 Å². The maximum Gasteiger partial charge on any atom is 0.266 e. The molecule has 0 saturated carbocycles. The van der Waals surface area contributed by atoms with E-state index in [1.807, 2.05) is 63.2 Å². The molecular formula is C24H29N3O2S. The van der Waals surface area contributed by atoms with E-state index < -0.39 is 0 Å². The molecule has 0 aliphatic heterocycles. The van der Waals surface area contributed by atoms with Gasteiger partial charge in [0.25, 0.3) is 5.56 Å². The van der Waals surface area contributed by atoms with E-state index >= 15 is 0 Å². The Hall–Kier alpha value is -2.60. The summed E-state index contributed by atoms with van der Waals surface area (Å²) in [5.74, 6) is 0.363. The minimum Gasteiger partial charge on any atom is -0.351 e. The number of amides is 1. The lowest BCUT2D eigenvalue weighted by atomic mass is 10.0. The lowest BCUT2D eigenvalue weighted by Gasteiger charge is -2.24. The summed E-state index contributed by atoms with van der Waals surface area (Å²) >= 11 is 1.29. The van der Waals surface area contributed by atoms with Gasteiger partial charge < -0.3 is 5.32 Å². The molecule has 0 fully saturated rings. The molecule has 0 aliphatic carbocycles. The van der Waals surface area contributed by atoms with Crippen molar-refractivity contribution < 1.29 is 4.79 Å². The van der Waals surface area contributed by atoms with Crippen molar-refractivity contribution in [1.29, 1.82) is 0 Å². The standard InChI is InChI=1S/C24H29N3O2S/c1-6-24(4,5)26-21(28)15-30-23-25-19-13-9-7-12-18(19)22(29)27(23)20-14-10-8-11-17(20)16(2)3/h7-14,16H,6,15H2,1-5H3,(H,26,28). The summed E-state index contributed by atoms with van der Waals surface area (Å²) in [6.07, 6.45) is 0.837. The molecule has 0 aliphatic rings. The monoisotopic (exact) mass is 423 g/mol. The van der Waals surface area contributed by atoms with Crippen molar-refractivity contribution in [2.24, 2.45) is 0 Å². The molecule has 1 aromatic heterocycles. The molecule has 30 heavy (non-hydrogen) atoms. The van der Waals surface area contributed by atoms with E-state index in [-0.39, 0.29) is 28.7 Å². The third-order valence-corrected chi connectivity index (χ3v) is 6.18. The SMILES string of the molecule is CCC(C)(C)NC(=O)CSc1nc2ccccc2c(=O)n1-c1ccccc1C(C)C. The number of aromatic nitrogens is 2. The van der Waals surface area contributed by atoms with E-state index in [1.54, 1.807) is 10.6 Å². The number of carbonyl (C=O) groups is 1. The van der Waals surface area contributed by atoms with Gasteiger partial charge in [0.05, 0.1) is 22.3 Å². The van der Waals surface area contributed by atoms with Crippen molar-refractivity contribution >= 4 is 28.6 Å². The molecule has 0 spiro atoms. The van der Waals surface area contributed by atoms with E-state index in [2.05, 4.69) is 19.2 Å². The number of carbonyl (C=O) groups excluding carboxylic acids is 1. The van der Waals surface area contributed by atoms with Crippen LogP contribution in [0.5, 0.6) is 0 Å². The molecule has 5 nitrogen and oxygen atoms in total. The number of nitrogens with one attached hydrogen (secondary N) is 1. The minimum absolute atomic E-state index is 0.0713. The Morgan fingerprint density at radius 2 is 1.80 bits per heavy atom. The maximum atomic E-state index is 13.5. The van der Waals surface area contributed by atoms with Crippen molar-refractivity contribution in [2.45, 2.75) is 57.7 Å². The van der Waals surface area contributed by atoms with Crippen LogP contribution in [0.2, 0.25) is 0 Å². The van der Waals surface area contributed by atoms with Crippen LogP contribution in [-0.4, -0.2) is 26.8 Å². The highest BCUT2D eigenvalue weighted by molar-refractivity contribution is 7.99. The van der Waals surface area contributed by atoms with Crippen LogP contribution in [0.4, 0.5) is 0 Å². The number of nitrogens with zero attached hydrogens (tertiary/aromatic N) is 2. The normalized spacial score (nSPS) is 11.8. The first-order valence-corrected chi connectivity index (χ1v) is 11.3. The number of para-hydroxylation sites is 2. The van der Waals surface area contributed by atoms with Gasteiger partial charge in [-0.3, -0.25) is 14.2 Å². The lowest BCUT2D eigenvalue weighted by molar-refractivity contribution is -0.120. The predicted molar refractivity (Wildman–Crippen MR) is 125 cm³/mol. The number of rotatable bonds is 7. The molecule has 158 valence electrons. The van der Waals surface area contributed by atoms with Crippen molar-refractivity contribution in [3.8, 4) is 5.69 Å². The average Bonchev–Trinajstić information content (AvgIpc) is 2.72. The molecule has 1 amide bonds. The smallest absolute Gasteiger partial charge is 0.266 e. The van der Waals surface area contributed by atoms with Crippen molar-refractivity contribution in [3.05, 3.63) is 64.4 Å². The van der Waals surface area contributed by atoms with Gasteiger partial charge in [-0.1, -0.05) is 62.9 Å². The van der Waals surface area contributed by atoms with Gasteiger partial charge in [0.1, 0.15) is 0 Å². The first-order valence-electron chi connectivity index (χ1n) is 10.3. The molecule has 0 saturated heterocycles. The first kappa shape index (κ1) is 22.1. The minimum atomic E-state index is -0.266. The van der Waals surface area contributed by atoms with Gasteiger partial charge >= 0.3 is 0 Å². The van der Waals surface area contributed by atoms with Gasteiger partial charge in [0, 0.05) is 5.54 Å². The molecule has 0 atom stereocenters. The second-order valence-corrected chi connectivity index (χ2v) is 9.28. The summed E-state index contributed by atoms with van der Waals surface area (Å²) in [7, 11) is 0. The fraction of sp³-hybridized carbons (Fsp3) is 0.375. The molecule has 0 unspecified atom stereocenters. The Morgan fingerprint density at radius 1 is 1.13 bits per heavy atom. The van der Waals surface area contributed by atoms with E-state index in [9.17, 15) is 9.59 Å². The van der Waals surface area contributed by atoms with E-state index in [0.717, 1.165) is 17.7 Å². The van der Waals surface area contributed by atoms with Crippen LogP contribution in [0.3, 0.4) is 0 Å². The van der Waals surface area contributed by atoms with Gasteiger partial charge in [-0.2, -0.15) is 0 Å². The molecule has 0 bridgehead atoms. The highest BCUT2D eigenvalue weighted by Gasteiger charge is 2.20. The third-order valence-electron chi connectivity index (χ3n) is 5.24. The second-order valence-electron chi connectivity index (χ2n) is 8.34. The van der Waals surface area contributed by atoms with E-state index in [0.29, 0.717) is 16.1 Å². The largest absolute Gasteiger partial charge is 0.351 e. The van der Waals surface area contributed by atoms with E-state index in [1.165, 1.54) is 11.8 Å². The van der Waals surface area contributed by atoms with Crippen LogP contribution in [0.1, 0.15) is 52.5 Å². The number of hydrogen-bond donors (Lipinski definition) is 1. The summed E-state index contributed by atoms with van der Waals surface area (Å²) in [6.45, 7) is 10.2. The van der Waals surface area contributed by atoms with Crippen molar-refractivity contribution in [2.75, 3.05) is 5.75 Å². The quantitative estimate of drug-likeness (QED) is 0.433. The van der Waals surface area contributed by atoms with Crippen LogP contribution in [0.15, 0.2) is 58.5 Å². The molecule has 1 N–H and O–H groups in total. The zero-order chi connectivity index (χ0) is 21.9. The van der Waals surface area contributed by atoms with Crippen LogP contribution >= 0.6 is 11.8 Å². The van der Waals surface area contributed by atoms with Crippen LogP contribution in [0.25, 0.3) is 16.6 Å². The van der Waals surface area contributed by atoms with Crippen LogP contribution in [-0.2, 0) is 4.79 Å². The Labute approximate surface area is 181 Å². The summed E-state index contributed by atoms with van der Waals surface area (Å²) < 4.78 is 1.65. The van der Waals surface area contributed by atoms with Crippen LogP contribution < -0.4 is 10.9 Å². The predicted octanol–water partition coefficient (Wildman–Crippen LogP) is 4.91. The van der Waals surface area contributed by atoms with Gasteiger partial charge in [-0.25, -0.2) is 4.98 Å². The first-order chi connectivity index (χ1) is 14.2. The molecule has 6 heteroatoms. The summed E-state index contributed by atoms with van der Waals surface area (Å²) in [5.41, 5.74) is 2.13. The Kier molecular flexibility index (Phi) is 6.66. The third kappa shape index (κ3) is 4.75. The molecule has 3 rings (SSSR count). The molecule has 3 aromatic rings. The van der Waals surface area contributed by atoms with Crippen molar-refractivity contribution in [1.82, 2.24) is 14.9 Å². The molecule has 1 heterocycles. The van der Waals surface area contributed by atoms with E-state index in [4.69, 9.17) is 4.98 Å². The van der Waals surface area contributed by atoms with Gasteiger partial charge in [0.15, 0.2) is 5.16 Å². The number of fused-ring (bicyclic) bond motifs is 1. The molecule has 0 radical (unpaired) electrons. The Bertz CT molecular complexity index is 1120. The Morgan fingerprint density at radius 3 is 2.50 bits per heavy atom. The number of thioether (sulfide) groups is 1. The summed E-state index contributed by atoms with van der Waals surface area (Å²) in [6, 6.07) is 15.2. The summed E-state index contributed by atoms with van der Waals surface area (Å²) in [5, 5.41) is 4.13. The fourth-order valence-electron chi connectivity index (χ4n) is 3.23. The summed E-state index contributed by atoms with van der Waals surface area (Å²) in [4.78, 5) is 30.7. The van der Waals surface area contributed by atoms with Crippen LogP contribution in [0, 0.1) is 0 Å². The average molecular weight is 424 g/mol. The zero-order valence-electron chi connectivity index (χ0n) is 18.2. The zero-order valence-corrected chi connectivity index (χ0v) is 19.0. The van der Waals surface area contributed by atoms with Crippen molar-refractivity contribution in [3.63, 3.8) is 0 Å². The van der Waals surface area contributed by atoms with Gasteiger partial charge in [-0.15, -0.1) is 0 Å².